The second-order valence-corrected chi connectivity index (χ2v) is 6.55. The number of hydrogen-bond donors (Lipinski definition) is 1. The molecule has 4 nitrogen and oxygen atoms in total. The fourth-order valence-electron chi connectivity index (χ4n) is 2.73. The van der Waals surface area contributed by atoms with Gasteiger partial charge in [-0.2, -0.15) is 0 Å². The van der Waals surface area contributed by atoms with Crippen molar-refractivity contribution in [3.05, 3.63) is 28.2 Å². The molecule has 1 aliphatic carbocycles. The summed E-state index contributed by atoms with van der Waals surface area (Å²) in [6.45, 7) is 5.51. The summed E-state index contributed by atoms with van der Waals surface area (Å²) in [5.41, 5.74) is 1.43. The Bertz CT molecular complexity index is 509. The van der Waals surface area contributed by atoms with E-state index in [1.54, 1.807) is 6.07 Å². The van der Waals surface area contributed by atoms with Gasteiger partial charge in [-0.3, -0.25) is 4.90 Å². The van der Waals surface area contributed by atoms with Gasteiger partial charge in [0.05, 0.1) is 5.56 Å². The molecule has 20 heavy (non-hydrogen) atoms. The van der Waals surface area contributed by atoms with E-state index >= 15 is 0 Å². The van der Waals surface area contributed by atoms with E-state index < -0.39 is 5.97 Å². The SMILES string of the molecule is O=C(O)c1ccc(N2CCN(CC3CC3)CC2)cc1Br. The number of rotatable bonds is 4. The number of benzene rings is 1. The lowest BCUT2D eigenvalue weighted by Crippen LogP contribution is -2.47. The second kappa shape index (κ2) is 5.74. The summed E-state index contributed by atoms with van der Waals surface area (Å²) in [7, 11) is 0. The Balaban J connectivity index is 1.62. The molecule has 1 saturated carbocycles. The molecule has 2 aliphatic rings. The molecule has 1 aromatic rings. The number of hydrogen-bond acceptors (Lipinski definition) is 3. The van der Waals surface area contributed by atoms with Crippen molar-refractivity contribution >= 4 is 27.6 Å². The fraction of sp³-hybridized carbons (Fsp3) is 0.533. The first kappa shape index (κ1) is 13.9. The zero-order chi connectivity index (χ0) is 14.1. The molecular weight excluding hydrogens is 320 g/mol. The summed E-state index contributed by atoms with van der Waals surface area (Å²) in [4.78, 5) is 15.9. The Morgan fingerprint density at radius 2 is 1.95 bits per heavy atom. The third-order valence-electron chi connectivity index (χ3n) is 4.13. The highest BCUT2D eigenvalue weighted by atomic mass is 79.9. The van der Waals surface area contributed by atoms with Crippen LogP contribution in [0.2, 0.25) is 0 Å². The average Bonchev–Trinajstić information content (AvgIpc) is 3.23. The summed E-state index contributed by atoms with van der Waals surface area (Å²) in [5.74, 6) is 0.0585. The molecule has 0 bridgehead atoms. The van der Waals surface area contributed by atoms with Gasteiger partial charge < -0.3 is 10.0 Å². The predicted molar refractivity (Wildman–Crippen MR) is 82.5 cm³/mol. The van der Waals surface area contributed by atoms with Crippen LogP contribution in [0.1, 0.15) is 23.2 Å². The summed E-state index contributed by atoms with van der Waals surface area (Å²) in [5, 5.41) is 9.04. The number of aromatic carboxylic acids is 1. The monoisotopic (exact) mass is 338 g/mol. The van der Waals surface area contributed by atoms with Gasteiger partial charge in [0.25, 0.3) is 0 Å². The highest BCUT2D eigenvalue weighted by Gasteiger charge is 2.26. The Hall–Kier alpha value is -1.07. The number of anilines is 1. The highest BCUT2D eigenvalue weighted by molar-refractivity contribution is 9.10. The van der Waals surface area contributed by atoms with Gasteiger partial charge in [0.2, 0.25) is 0 Å². The highest BCUT2D eigenvalue weighted by Crippen LogP contribution is 2.30. The standard InChI is InChI=1S/C15H19BrN2O2/c16-14-9-12(3-4-13(14)15(19)20)18-7-5-17(6-8-18)10-11-1-2-11/h3-4,9,11H,1-2,5-8,10H2,(H,19,20). The number of carboxylic acid groups (broad SMARTS) is 1. The Morgan fingerprint density at radius 3 is 2.50 bits per heavy atom. The summed E-state index contributed by atoms with van der Waals surface area (Å²) in [6.07, 6.45) is 2.81. The molecule has 0 unspecified atom stereocenters. The van der Waals surface area contributed by atoms with E-state index in [0.29, 0.717) is 10.0 Å². The number of nitrogens with zero attached hydrogens (tertiary/aromatic N) is 2. The molecule has 2 fully saturated rings. The Labute approximate surface area is 127 Å². The van der Waals surface area contributed by atoms with Crippen molar-refractivity contribution in [2.45, 2.75) is 12.8 Å². The minimum atomic E-state index is -0.891. The first-order valence-electron chi connectivity index (χ1n) is 7.13. The molecular formula is C15H19BrN2O2. The maximum absolute atomic E-state index is 11.0. The molecule has 1 aliphatic heterocycles. The van der Waals surface area contributed by atoms with Crippen molar-refractivity contribution in [3.63, 3.8) is 0 Å². The van der Waals surface area contributed by atoms with E-state index in [0.717, 1.165) is 37.8 Å². The van der Waals surface area contributed by atoms with Crippen molar-refractivity contribution in [1.29, 1.82) is 0 Å². The minimum Gasteiger partial charge on any atom is -0.478 e. The predicted octanol–water partition coefficient (Wildman–Crippen LogP) is 2.68. The normalized spacial score (nSPS) is 20.1. The zero-order valence-electron chi connectivity index (χ0n) is 11.4. The van der Waals surface area contributed by atoms with Crippen LogP contribution in [0.5, 0.6) is 0 Å². The van der Waals surface area contributed by atoms with Crippen LogP contribution in [0.15, 0.2) is 22.7 Å². The van der Waals surface area contributed by atoms with E-state index in [9.17, 15) is 4.79 Å². The van der Waals surface area contributed by atoms with Crippen LogP contribution >= 0.6 is 15.9 Å². The summed E-state index contributed by atoms with van der Waals surface area (Å²) < 4.78 is 0.655. The molecule has 1 saturated heterocycles. The third kappa shape index (κ3) is 3.15. The molecule has 0 aromatic heterocycles. The molecule has 1 aromatic carbocycles. The number of halogens is 1. The number of piperazine rings is 1. The van der Waals surface area contributed by atoms with Gasteiger partial charge >= 0.3 is 5.97 Å². The third-order valence-corrected chi connectivity index (χ3v) is 4.79. The first-order valence-corrected chi connectivity index (χ1v) is 7.93. The van der Waals surface area contributed by atoms with E-state index in [1.807, 2.05) is 12.1 Å². The van der Waals surface area contributed by atoms with Gasteiger partial charge in [0.15, 0.2) is 0 Å². The van der Waals surface area contributed by atoms with E-state index in [-0.39, 0.29) is 0 Å². The van der Waals surface area contributed by atoms with Crippen LogP contribution in [0.4, 0.5) is 5.69 Å². The van der Waals surface area contributed by atoms with Crippen molar-refractivity contribution < 1.29 is 9.90 Å². The Morgan fingerprint density at radius 1 is 1.25 bits per heavy atom. The first-order chi connectivity index (χ1) is 9.63. The van der Waals surface area contributed by atoms with Crippen LogP contribution in [0.25, 0.3) is 0 Å². The molecule has 3 rings (SSSR count). The van der Waals surface area contributed by atoms with E-state index in [1.165, 1.54) is 19.4 Å². The van der Waals surface area contributed by atoms with Crippen LogP contribution < -0.4 is 4.90 Å². The van der Waals surface area contributed by atoms with Crippen molar-refractivity contribution in [3.8, 4) is 0 Å². The maximum Gasteiger partial charge on any atom is 0.336 e. The topological polar surface area (TPSA) is 43.8 Å². The molecule has 108 valence electrons. The molecule has 5 heteroatoms. The smallest absolute Gasteiger partial charge is 0.336 e. The van der Waals surface area contributed by atoms with Crippen LogP contribution in [-0.2, 0) is 0 Å². The molecule has 1 heterocycles. The van der Waals surface area contributed by atoms with E-state index in [2.05, 4.69) is 25.7 Å². The van der Waals surface area contributed by atoms with Gasteiger partial charge in [-0.1, -0.05) is 0 Å². The summed E-state index contributed by atoms with van der Waals surface area (Å²) in [6, 6.07) is 5.50. The lowest BCUT2D eigenvalue weighted by Gasteiger charge is -2.36. The van der Waals surface area contributed by atoms with Gasteiger partial charge in [-0.15, -0.1) is 0 Å². The van der Waals surface area contributed by atoms with Crippen LogP contribution in [0.3, 0.4) is 0 Å². The molecule has 1 N–H and O–H groups in total. The van der Waals surface area contributed by atoms with E-state index in [4.69, 9.17) is 5.11 Å². The zero-order valence-corrected chi connectivity index (χ0v) is 13.0. The van der Waals surface area contributed by atoms with Crippen molar-refractivity contribution in [1.82, 2.24) is 4.90 Å². The number of carboxylic acids is 1. The average molecular weight is 339 g/mol. The van der Waals surface area contributed by atoms with Crippen LogP contribution in [-0.4, -0.2) is 48.7 Å². The van der Waals surface area contributed by atoms with Gasteiger partial charge in [0.1, 0.15) is 0 Å². The lowest BCUT2D eigenvalue weighted by atomic mass is 10.2. The molecule has 0 spiro atoms. The molecule has 0 atom stereocenters. The number of carbonyl (C=O) groups is 1. The molecule has 0 amide bonds. The second-order valence-electron chi connectivity index (χ2n) is 5.70. The van der Waals surface area contributed by atoms with Gasteiger partial charge in [-0.05, 0) is 52.9 Å². The quantitative estimate of drug-likeness (QED) is 0.916. The Kier molecular flexibility index (Phi) is 3.98. The molecule has 0 radical (unpaired) electrons. The fourth-order valence-corrected chi connectivity index (χ4v) is 3.26. The maximum atomic E-state index is 11.0. The van der Waals surface area contributed by atoms with Crippen molar-refractivity contribution in [2.75, 3.05) is 37.6 Å². The minimum absolute atomic E-state index is 0.320. The van der Waals surface area contributed by atoms with Crippen molar-refractivity contribution in [2.24, 2.45) is 5.92 Å². The largest absolute Gasteiger partial charge is 0.478 e. The van der Waals surface area contributed by atoms with Crippen LogP contribution in [0, 0.1) is 5.92 Å². The lowest BCUT2D eigenvalue weighted by molar-refractivity contribution is 0.0696. The van der Waals surface area contributed by atoms with Gasteiger partial charge in [0, 0.05) is 42.9 Å². The van der Waals surface area contributed by atoms with Gasteiger partial charge in [-0.25, -0.2) is 4.79 Å². The summed E-state index contributed by atoms with van der Waals surface area (Å²) >= 11 is 3.35.